The van der Waals surface area contributed by atoms with Crippen molar-refractivity contribution in [1.29, 1.82) is 0 Å². The van der Waals surface area contributed by atoms with Gasteiger partial charge in [-0.05, 0) is 31.0 Å². The molecule has 0 saturated heterocycles. The monoisotopic (exact) mass is 295 g/mol. The third-order valence-corrected chi connectivity index (χ3v) is 4.02. The van der Waals surface area contributed by atoms with Gasteiger partial charge in [0.25, 0.3) is 0 Å². The Hall–Kier alpha value is -1.59. The Morgan fingerprint density at radius 3 is 2.45 bits per heavy atom. The number of anilines is 1. The average Bonchev–Trinajstić information content (AvgIpc) is 2.41. The third-order valence-electron chi connectivity index (χ3n) is 3.69. The van der Waals surface area contributed by atoms with Gasteiger partial charge in [-0.15, -0.1) is 0 Å². The maximum absolute atomic E-state index is 12.3. The first-order valence-corrected chi connectivity index (χ1v) is 7.00. The SMILES string of the molecule is NC(=O)c1cc(NC(=O)C2(N)CCCCC2)ccc1Cl. The molecule has 1 aliphatic carbocycles. The lowest BCUT2D eigenvalue weighted by molar-refractivity contribution is -0.122. The summed E-state index contributed by atoms with van der Waals surface area (Å²) in [5.74, 6) is -0.860. The summed E-state index contributed by atoms with van der Waals surface area (Å²) < 4.78 is 0. The molecule has 108 valence electrons. The van der Waals surface area contributed by atoms with Crippen molar-refractivity contribution in [3.8, 4) is 0 Å². The maximum Gasteiger partial charge on any atom is 0.250 e. The fourth-order valence-corrected chi connectivity index (χ4v) is 2.67. The van der Waals surface area contributed by atoms with E-state index in [0.29, 0.717) is 18.5 Å². The first-order valence-electron chi connectivity index (χ1n) is 6.62. The molecule has 0 radical (unpaired) electrons. The first kappa shape index (κ1) is 14.8. The number of rotatable bonds is 3. The van der Waals surface area contributed by atoms with Crippen LogP contribution in [0.5, 0.6) is 0 Å². The smallest absolute Gasteiger partial charge is 0.250 e. The van der Waals surface area contributed by atoms with Crippen molar-refractivity contribution >= 4 is 29.1 Å². The molecule has 0 aromatic heterocycles. The van der Waals surface area contributed by atoms with Gasteiger partial charge in [0.15, 0.2) is 0 Å². The van der Waals surface area contributed by atoms with E-state index < -0.39 is 11.4 Å². The fraction of sp³-hybridized carbons (Fsp3) is 0.429. The van der Waals surface area contributed by atoms with Gasteiger partial charge in [0.1, 0.15) is 0 Å². The molecule has 5 N–H and O–H groups in total. The predicted octanol–water partition coefficient (Wildman–Crippen LogP) is 2.04. The number of hydrogen-bond acceptors (Lipinski definition) is 3. The number of amides is 2. The highest BCUT2D eigenvalue weighted by molar-refractivity contribution is 6.34. The first-order chi connectivity index (χ1) is 9.42. The van der Waals surface area contributed by atoms with Gasteiger partial charge in [0.05, 0.1) is 16.1 Å². The van der Waals surface area contributed by atoms with E-state index in [-0.39, 0.29) is 16.5 Å². The minimum absolute atomic E-state index is 0.180. The van der Waals surface area contributed by atoms with Gasteiger partial charge in [-0.25, -0.2) is 0 Å². The number of nitrogens with one attached hydrogen (secondary N) is 1. The van der Waals surface area contributed by atoms with Crippen LogP contribution < -0.4 is 16.8 Å². The number of nitrogens with two attached hydrogens (primary N) is 2. The van der Waals surface area contributed by atoms with Crippen molar-refractivity contribution < 1.29 is 9.59 Å². The summed E-state index contributed by atoms with van der Waals surface area (Å²) in [5.41, 5.74) is 11.2. The molecule has 2 amide bonds. The standard InChI is InChI=1S/C14H18ClN3O2/c15-11-5-4-9(8-10(11)12(16)19)18-13(20)14(17)6-2-1-3-7-14/h4-5,8H,1-3,6-7,17H2,(H2,16,19)(H,18,20). The lowest BCUT2D eigenvalue weighted by Gasteiger charge is -2.31. The van der Waals surface area contributed by atoms with E-state index >= 15 is 0 Å². The molecule has 0 bridgehead atoms. The van der Waals surface area contributed by atoms with Crippen LogP contribution in [0, 0.1) is 0 Å². The second-order valence-electron chi connectivity index (χ2n) is 5.23. The summed E-state index contributed by atoms with van der Waals surface area (Å²) in [4.78, 5) is 23.5. The number of primary amides is 1. The Kier molecular flexibility index (Phi) is 4.30. The van der Waals surface area contributed by atoms with Gasteiger partial charge in [0.2, 0.25) is 11.8 Å². The highest BCUT2D eigenvalue weighted by Crippen LogP contribution is 2.28. The molecule has 1 aromatic carbocycles. The molecule has 0 spiro atoms. The van der Waals surface area contributed by atoms with Crippen molar-refractivity contribution in [2.45, 2.75) is 37.6 Å². The molecule has 6 heteroatoms. The number of carbonyl (C=O) groups excluding carboxylic acids is 2. The predicted molar refractivity (Wildman–Crippen MR) is 78.6 cm³/mol. The van der Waals surface area contributed by atoms with Crippen LogP contribution in [0.4, 0.5) is 5.69 Å². The largest absolute Gasteiger partial charge is 0.366 e. The number of halogens is 1. The number of benzene rings is 1. The molecule has 5 nitrogen and oxygen atoms in total. The van der Waals surface area contributed by atoms with Gasteiger partial charge >= 0.3 is 0 Å². The molecule has 0 heterocycles. The summed E-state index contributed by atoms with van der Waals surface area (Å²) in [7, 11) is 0. The van der Waals surface area contributed by atoms with Crippen LogP contribution in [0.25, 0.3) is 0 Å². The number of carbonyl (C=O) groups is 2. The molecule has 1 saturated carbocycles. The summed E-state index contributed by atoms with van der Waals surface area (Å²) in [6.07, 6.45) is 4.37. The molecule has 0 atom stereocenters. The van der Waals surface area contributed by atoms with Crippen LogP contribution in [0.2, 0.25) is 5.02 Å². The Morgan fingerprint density at radius 1 is 1.20 bits per heavy atom. The van der Waals surface area contributed by atoms with Crippen LogP contribution >= 0.6 is 11.6 Å². The van der Waals surface area contributed by atoms with E-state index in [1.165, 1.54) is 12.1 Å². The molecular formula is C14H18ClN3O2. The topological polar surface area (TPSA) is 98.2 Å². The average molecular weight is 296 g/mol. The second kappa shape index (κ2) is 5.81. The van der Waals surface area contributed by atoms with E-state index in [1.807, 2.05) is 0 Å². The highest BCUT2D eigenvalue weighted by atomic mass is 35.5. The molecule has 0 unspecified atom stereocenters. The van der Waals surface area contributed by atoms with E-state index in [9.17, 15) is 9.59 Å². The molecule has 1 aromatic rings. The Morgan fingerprint density at radius 2 is 1.85 bits per heavy atom. The van der Waals surface area contributed by atoms with Crippen molar-refractivity contribution in [2.75, 3.05) is 5.32 Å². The molecule has 0 aliphatic heterocycles. The van der Waals surface area contributed by atoms with Gasteiger partial charge < -0.3 is 16.8 Å². The molecule has 2 rings (SSSR count). The van der Waals surface area contributed by atoms with Crippen LogP contribution in [-0.2, 0) is 4.79 Å². The van der Waals surface area contributed by atoms with Crippen LogP contribution in [0.1, 0.15) is 42.5 Å². The van der Waals surface area contributed by atoms with Crippen LogP contribution in [0.3, 0.4) is 0 Å². The summed E-state index contributed by atoms with van der Waals surface area (Å²) in [5, 5.41) is 3.00. The van der Waals surface area contributed by atoms with Crippen molar-refractivity contribution in [3.63, 3.8) is 0 Å². The lowest BCUT2D eigenvalue weighted by atomic mass is 9.82. The highest BCUT2D eigenvalue weighted by Gasteiger charge is 2.35. The lowest BCUT2D eigenvalue weighted by Crippen LogP contribution is -2.52. The van der Waals surface area contributed by atoms with Crippen molar-refractivity contribution in [2.24, 2.45) is 11.5 Å². The Balaban J connectivity index is 2.15. The van der Waals surface area contributed by atoms with E-state index in [2.05, 4.69) is 5.32 Å². The minimum Gasteiger partial charge on any atom is -0.366 e. The van der Waals surface area contributed by atoms with Crippen LogP contribution in [0.15, 0.2) is 18.2 Å². The molecule has 1 fully saturated rings. The molecule has 1 aliphatic rings. The number of hydrogen-bond donors (Lipinski definition) is 3. The Labute approximate surface area is 122 Å². The van der Waals surface area contributed by atoms with Gasteiger partial charge in [-0.1, -0.05) is 30.9 Å². The van der Waals surface area contributed by atoms with Gasteiger partial charge in [0, 0.05) is 5.69 Å². The summed E-state index contributed by atoms with van der Waals surface area (Å²) in [6, 6.07) is 4.62. The second-order valence-corrected chi connectivity index (χ2v) is 5.64. The van der Waals surface area contributed by atoms with Crippen molar-refractivity contribution in [1.82, 2.24) is 0 Å². The van der Waals surface area contributed by atoms with Gasteiger partial charge in [-0.2, -0.15) is 0 Å². The maximum atomic E-state index is 12.3. The van der Waals surface area contributed by atoms with E-state index in [0.717, 1.165) is 19.3 Å². The zero-order valence-corrected chi connectivity index (χ0v) is 11.9. The van der Waals surface area contributed by atoms with Crippen molar-refractivity contribution in [3.05, 3.63) is 28.8 Å². The fourth-order valence-electron chi connectivity index (χ4n) is 2.46. The normalized spacial score (nSPS) is 17.5. The van der Waals surface area contributed by atoms with Gasteiger partial charge in [-0.3, -0.25) is 9.59 Å². The van der Waals surface area contributed by atoms with Crippen LogP contribution in [-0.4, -0.2) is 17.4 Å². The van der Waals surface area contributed by atoms with E-state index in [1.54, 1.807) is 6.07 Å². The van der Waals surface area contributed by atoms with E-state index in [4.69, 9.17) is 23.1 Å². The molecular weight excluding hydrogens is 278 g/mol. The molecule has 20 heavy (non-hydrogen) atoms. The summed E-state index contributed by atoms with van der Waals surface area (Å²) >= 11 is 5.87. The quantitative estimate of drug-likeness (QED) is 0.796. The summed E-state index contributed by atoms with van der Waals surface area (Å²) in [6.45, 7) is 0. The third kappa shape index (κ3) is 3.11. The zero-order valence-electron chi connectivity index (χ0n) is 11.1. The zero-order chi connectivity index (χ0) is 14.8. The Bertz CT molecular complexity index is 539. The minimum atomic E-state index is -0.829.